The number of ketones is 1. The number of nitrogens with one attached hydrogen (secondary N) is 1. The van der Waals surface area contributed by atoms with Crippen LogP contribution >= 0.6 is 0 Å². The van der Waals surface area contributed by atoms with Gasteiger partial charge in [0, 0.05) is 17.8 Å². The molecule has 5 aliphatic rings. The zero-order chi connectivity index (χ0) is 38.9. The molecule has 0 aromatic rings. The Morgan fingerprint density at radius 2 is 1.77 bits per heavy atom. The number of methoxy groups -OCH3 is 1. The molecule has 12 atom stereocenters. The van der Waals surface area contributed by atoms with Gasteiger partial charge in [-0.2, -0.15) is 0 Å². The summed E-state index contributed by atoms with van der Waals surface area (Å²) in [5.41, 5.74) is -4.59. The first-order valence-electron chi connectivity index (χ1n) is 17.8. The lowest BCUT2D eigenvalue weighted by Gasteiger charge is -2.67. The molecule has 1 spiro atoms. The summed E-state index contributed by atoms with van der Waals surface area (Å²) in [6.45, 7) is 15.3. The lowest BCUT2D eigenvalue weighted by Crippen LogP contribution is -2.79. The van der Waals surface area contributed by atoms with Crippen LogP contribution in [0, 0.1) is 34.5 Å². The van der Waals surface area contributed by atoms with Crippen molar-refractivity contribution in [3.05, 3.63) is 23.0 Å². The Balaban J connectivity index is 1.56. The van der Waals surface area contributed by atoms with Crippen LogP contribution in [0.5, 0.6) is 0 Å². The second kappa shape index (κ2) is 13.8. The van der Waals surface area contributed by atoms with Crippen LogP contribution in [0.25, 0.3) is 0 Å². The number of aliphatic hydroxyl groups excluding tert-OH is 3. The summed E-state index contributed by atoms with van der Waals surface area (Å²) in [5, 5.41) is 37.2. The molecule has 15 nitrogen and oxygen atoms in total. The fraction of sp³-hybridized carbons (Fsp3) is 0.757. The van der Waals surface area contributed by atoms with Crippen LogP contribution in [-0.2, 0) is 47.6 Å². The summed E-state index contributed by atoms with van der Waals surface area (Å²) >= 11 is 0. The Bertz CT molecular complexity index is 1560. The maximum atomic E-state index is 14.1. The highest BCUT2D eigenvalue weighted by Gasteiger charge is 2.85. The first kappa shape index (κ1) is 39.8. The largest absolute Gasteiger partial charge is 0.467 e. The molecule has 2 saturated carbocycles. The number of aliphatic hydroxyl groups is 3. The Labute approximate surface area is 303 Å². The zero-order valence-corrected chi connectivity index (χ0v) is 31.5. The monoisotopic (exact) mass is 735 g/mol. The van der Waals surface area contributed by atoms with Gasteiger partial charge >= 0.3 is 24.0 Å². The molecule has 0 radical (unpaired) electrons. The third-order valence-electron chi connectivity index (χ3n) is 11.5. The minimum absolute atomic E-state index is 0.0442. The van der Waals surface area contributed by atoms with E-state index in [1.807, 2.05) is 13.8 Å². The number of hydrogen-bond acceptors (Lipinski definition) is 14. The van der Waals surface area contributed by atoms with Crippen LogP contribution in [0.4, 0.5) is 4.79 Å². The summed E-state index contributed by atoms with van der Waals surface area (Å²) in [6, 6.07) is -1.14. The molecule has 290 valence electrons. The predicted octanol–water partition coefficient (Wildman–Crippen LogP) is 2.23. The van der Waals surface area contributed by atoms with Gasteiger partial charge in [-0.05, 0) is 83.3 Å². The van der Waals surface area contributed by atoms with Gasteiger partial charge in [-0.25, -0.2) is 19.2 Å². The van der Waals surface area contributed by atoms with Crippen molar-refractivity contribution in [2.24, 2.45) is 34.5 Å². The molecule has 3 aliphatic carbocycles. The quantitative estimate of drug-likeness (QED) is 0.116. The molecule has 15 heteroatoms. The van der Waals surface area contributed by atoms with Gasteiger partial charge in [-0.3, -0.25) is 4.79 Å². The Morgan fingerprint density at radius 1 is 1.12 bits per heavy atom. The van der Waals surface area contributed by atoms with Crippen molar-refractivity contribution in [1.29, 1.82) is 0 Å². The zero-order valence-electron chi connectivity index (χ0n) is 31.5. The normalized spacial score (nSPS) is 37.6. The molecule has 2 heterocycles. The standard InChI is InChI=1S/C37H53NO14/c1-16(2)11-20(38-33(46)52-34(6,7)8)30(43)51-25-18(5)19-13-22-36-15-48-37(32(45)47-10,29(42)24(41)27(36)35(19,9)14-21(25)39)28(36)26(31(44)49-22)50-23(40)12-17(3)4/h12,16,19-20,22-24,26-29,40-42H,11,13-15H2,1-10H3,(H,38,46)/t19-,20-,22+,23?,24+,26+,27?,28+,29-,35-,36+,37-/m0/s1. The van der Waals surface area contributed by atoms with Crippen LogP contribution in [0.3, 0.4) is 0 Å². The summed E-state index contributed by atoms with van der Waals surface area (Å²) in [5.74, 6) is -6.59. The van der Waals surface area contributed by atoms with Crippen LogP contribution in [0.2, 0.25) is 0 Å². The minimum Gasteiger partial charge on any atom is -0.467 e. The fourth-order valence-electron chi connectivity index (χ4n) is 9.78. The molecule has 2 bridgehead atoms. The van der Waals surface area contributed by atoms with E-state index in [0.717, 1.165) is 7.11 Å². The van der Waals surface area contributed by atoms with Crippen molar-refractivity contribution in [1.82, 2.24) is 5.32 Å². The second-order valence-electron chi connectivity index (χ2n) is 16.8. The maximum Gasteiger partial charge on any atom is 0.408 e. The van der Waals surface area contributed by atoms with Gasteiger partial charge in [-0.15, -0.1) is 0 Å². The Hall–Kier alpha value is -3.37. The number of allylic oxidation sites excluding steroid dienone is 3. The molecule has 2 aliphatic heterocycles. The average Bonchev–Trinajstić information content (AvgIpc) is 3.31. The molecule has 0 aromatic heterocycles. The summed E-state index contributed by atoms with van der Waals surface area (Å²) in [7, 11) is 1.09. The Morgan fingerprint density at radius 3 is 2.35 bits per heavy atom. The van der Waals surface area contributed by atoms with Gasteiger partial charge in [0.2, 0.25) is 0 Å². The van der Waals surface area contributed by atoms with Gasteiger partial charge in [0.1, 0.15) is 23.9 Å². The average molecular weight is 736 g/mol. The van der Waals surface area contributed by atoms with E-state index in [4.69, 9.17) is 28.4 Å². The maximum absolute atomic E-state index is 14.1. The molecule has 2 saturated heterocycles. The number of esters is 3. The van der Waals surface area contributed by atoms with E-state index in [1.54, 1.807) is 48.5 Å². The predicted molar refractivity (Wildman–Crippen MR) is 180 cm³/mol. The number of alkyl carbamates (subject to hydrolysis) is 1. The van der Waals surface area contributed by atoms with Crippen molar-refractivity contribution in [3.8, 4) is 0 Å². The molecule has 4 fully saturated rings. The first-order chi connectivity index (χ1) is 24.0. The van der Waals surface area contributed by atoms with Crippen molar-refractivity contribution in [2.45, 2.75) is 130 Å². The molecule has 0 aromatic carbocycles. The number of Topliss-reactive ketones (excluding diaryl/α,β-unsaturated/α-hetero) is 1. The first-order valence-corrected chi connectivity index (χ1v) is 17.8. The molecule has 1 amide bonds. The van der Waals surface area contributed by atoms with E-state index in [0.29, 0.717) is 11.1 Å². The number of hydrogen-bond donors (Lipinski definition) is 4. The number of amides is 1. The van der Waals surface area contributed by atoms with E-state index < -0.39 is 106 Å². The van der Waals surface area contributed by atoms with Crippen LogP contribution in [0.1, 0.15) is 81.6 Å². The van der Waals surface area contributed by atoms with E-state index in [-0.39, 0.29) is 37.5 Å². The van der Waals surface area contributed by atoms with Crippen molar-refractivity contribution in [3.63, 3.8) is 0 Å². The smallest absolute Gasteiger partial charge is 0.408 e. The number of carbonyl (C=O) groups excluding carboxylic acids is 5. The molecular formula is C37H53NO14. The summed E-state index contributed by atoms with van der Waals surface area (Å²) in [6.07, 6.45) is -7.30. The SMILES string of the molecule is COC(=O)[C@@]12OC[C@]34C([C@@H](O)[C@@H]1O)[C@@]1(C)CC(=O)C(OC(=O)[C@H](CC(C)C)NC(=O)OC(C)(C)C)=C(C)[C@@H]1C[C@H]3OC(=O)[C@H](OC(O)C=C(C)C)[C@@H]24. The van der Waals surface area contributed by atoms with E-state index in [9.17, 15) is 39.3 Å². The Kier molecular flexibility index (Phi) is 10.6. The number of rotatable bonds is 9. The number of carbonyl (C=O) groups is 5. The highest BCUT2D eigenvalue weighted by Crippen LogP contribution is 2.73. The lowest BCUT2D eigenvalue weighted by atomic mass is 9.38. The highest BCUT2D eigenvalue weighted by molar-refractivity contribution is 5.99. The van der Waals surface area contributed by atoms with Gasteiger partial charge in [-0.1, -0.05) is 26.3 Å². The van der Waals surface area contributed by atoms with Crippen LogP contribution in [0.15, 0.2) is 23.0 Å². The second-order valence-corrected chi connectivity index (χ2v) is 16.8. The molecule has 4 N–H and O–H groups in total. The lowest BCUT2D eigenvalue weighted by molar-refractivity contribution is -0.300. The van der Waals surface area contributed by atoms with Crippen molar-refractivity contribution >= 4 is 29.8 Å². The van der Waals surface area contributed by atoms with E-state index >= 15 is 0 Å². The molecular weight excluding hydrogens is 682 g/mol. The summed E-state index contributed by atoms with van der Waals surface area (Å²) < 4.78 is 34.3. The number of ether oxygens (including phenoxy) is 6. The van der Waals surface area contributed by atoms with Crippen molar-refractivity contribution in [2.75, 3.05) is 13.7 Å². The number of fused-ring (bicyclic) bond motifs is 2. The summed E-state index contributed by atoms with van der Waals surface area (Å²) in [4.78, 5) is 67.8. The van der Waals surface area contributed by atoms with Gasteiger partial charge in [0.05, 0.1) is 25.7 Å². The van der Waals surface area contributed by atoms with Gasteiger partial charge < -0.3 is 49.1 Å². The van der Waals surface area contributed by atoms with Gasteiger partial charge in [0.25, 0.3) is 0 Å². The van der Waals surface area contributed by atoms with E-state index in [1.165, 1.54) is 6.08 Å². The van der Waals surface area contributed by atoms with Crippen LogP contribution in [-0.4, -0.2) is 107 Å². The third kappa shape index (κ3) is 6.35. The van der Waals surface area contributed by atoms with Crippen molar-refractivity contribution < 1.29 is 67.7 Å². The third-order valence-corrected chi connectivity index (χ3v) is 11.5. The molecule has 52 heavy (non-hydrogen) atoms. The van der Waals surface area contributed by atoms with Crippen LogP contribution < -0.4 is 5.32 Å². The fourth-order valence-corrected chi connectivity index (χ4v) is 9.78. The van der Waals surface area contributed by atoms with Gasteiger partial charge in [0.15, 0.2) is 29.5 Å². The molecule has 2 unspecified atom stereocenters. The topological polar surface area (TPSA) is 213 Å². The van der Waals surface area contributed by atoms with E-state index in [2.05, 4.69) is 5.32 Å². The highest BCUT2D eigenvalue weighted by atomic mass is 16.7. The molecule has 5 rings (SSSR count). The minimum atomic E-state index is -2.27.